The van der Waals surface area contributed by atoms with Crippen molar-refractivity contribution < 1.29 is 19.4 Å². The van der Waals surface area contributed by atoms with Crippen LogP contribution >= 0.6 is 0 Å². The number of hydrogen-bond acceptors (Lipinski definition) is 4. The summed E-state index contributed by atoms with van der Waals surface area (Å²) in [5, 5.41) is 12.0. The minimum Gasteiger partial charge on any atom is -0.465 e. The molecule has 9 atom stereocenters. The fourth-order valence-corrected chi connectivity index (χ4v) is 11.5. The number of ether oxygens (including phenoxy) is 1. The molecule has 5 rings (SSSR count). The Kier molecular flexibility index (Phi) is 5.97. The highest BCUT2D eigenvalue weighted by molar-refractivity contribution is 5.85. The summed E-state index contributed by atoms with van der Waals surface area (Å²) in [4.78, 5) is 24.9. The lowest BCUT2D eigenvalue weighted by molar-refractivity contribution is -0.265. The molecular weight excluding hydrogens is 448 g/mol. The standard InChI is InChI=1S/C32H52O4/c1-20(33)36-19-32-17-15-27(2,3)26(35)25(32)21-9-10-23-29(6)13-12-24(34)28(4,5)22(29)11-14-31(23,8)30(21,7)16-18-32/h21-23,25-26,35H,9-19H2,1-8H3/t21-,22+,23-,25+,26-,29+,30-,31-,32-/m1/s1. The highest BCUT2D eigenvalue weighted by Gasteiger charge is 2.71. The molecule has 5 fully saturated rings. The maximum Gasteiger partial charge on any atom is 0.302 e. The molecule has 4 nitrogen and oxygen atoms in total. The van der Waals surface area contributed by atoms with Crippen molar-refractivity contribution in [3.8, 4) is 0 Å². The predicted octanol–water partition coefficient (Wildman–Crippen LogP) is 6.97. The van der Waals surface area contributed by atoms with E-state index in [0.717, 1.165) is 51.4 Å². The fraction of sp³-hybridized carbons (Fsp3) is 0.938. The van der Waals surface area contributed by atoms with Gasteiger partial charge in [0.2, 0.25) is 0 Å². The van der Waals surface area contributed by atoms with E-state index < -0.39 is 0 Å². The number of rotatable bonds is 2. The maximum absolute atomic E-state index is 13.0. The van der Waals surface area contributed by atoms with Gasteiger partial charge in [-0.25, -0.2) is 0 Å². The molecule has 4 heteroatoms. The van der Waals surface area contributed by atoms with Crippen LogP contribution in [0.25, 0.3) is 0 Å². The highest BCUT2D eigenvalue weighted by Crippen LogP contribution is 2.76. The van der Waals surface area contributed by atoms with Gasteiger partial charge in [0.15, 0.2) is 0 Å². The van der Waals surface area contributed by atoms with Gasteiger partial charge in [-0.1, -0.05) is 48.5 Å². The monoisotopic (exact) mass is 500 g/mol. The summed E-state index contributed by atoms with van der Waals surface area (Å²) in [6, 6.07) is 0. The van der Waals surface area contributed by atoms with Crippen LogP contribution in [0.5, 0.6) is 0 Å². The second-order valence-corrected chi connectivity index (χ2v) is 15.9. The largest absolute Gasteiger partial charge is 0.465 e. The topological polar surface area (TPSA) is 63.6 Å². The Labute approximate surface area is 219 Å². The molecule has 0 spiro atoms. The van der Waals surface area contributed by atoms with Gasteiger partial charge in [-0.3, -0.25) is 9.59 Å². The molecule has 5 aliphatic carbocycles. The summed E-state index contributed by atoms with van der Waals surface area (Å²) in [5.74, 6) is 1.96. The molecule has 0 aromatic carbocycles. The van der Waals surface area contributed by atoms with E-state index in [0.29, 0.717) is 30.1 Å². The Morgan fingerprint density at radius 3 is 2.19 bits per heavy atom. The molecule has 5 saturated carbocycles. The SMILES string of the molecule is CC(=O)OC[C@]12CCC(C)(C)[C@H](O)[C@@H]1[C@H]1CC[C@@H]3[C@@]4(C)CCC(=O)C(C)(C)[C@@H]4CC[C@@]3(C)[C@]1(C)CC2. The van der Waals surface area contributed by atoms with Crippen molar-refractivity contribution >= 4 is 11.8 Å². The van der Waals surface area contributed by atoms with Crippen molar-refractivity contribution in [2.45, 2.75) is 126 Å². The van der Waals surface area contributed by atoms with E-state index in [-0.39, 0.29) is 50.5 Å². The second kappa shape index (κ2) is 8.06. The number of Topliss-reactive ketones (excluding diaryl/α,β-unsaturated/α-hetero) is 1. The number of hydrogen-bond donors (Lipinski definition) is 1. The normalized spacial score (nSPS) is 51.2. The Morgan fingerprint density at radius 1 is 0.861 bits per heavy atom. The molecule has 0 bridgehead atoms. The predicted molar refractivity (Wildman–Crippen MR) is 142 cm³/mol. The number of carbonyl (C=O) groups excluding carboxylic acids is 2. The van der Waals surface area contributed by atoms with Gasteiger partial charge in [-0.05, 0) is 103 Å². The van der Waals surface area contributed by atoms with Gasteiger partial charge in [-0.15, -0.1) is 0 Å². The van der Waals surface area contributed by atoms with Crippen LogP contribution in [-0.4, -0.2) is 29.6 Å². The molecule has 204 valence electrons. The summed E-state index contributed by atoms with van der Waals surface area (Å²) in [7, 11) is 0. The first-order chi connectivity index (χ1) is 16.6. The van der Waals surface area contributed by atoms with Crippen molar-refractivity contribution in [3.05, 3.63) is 0 Å². The molecule has 0 radical (unpaired) electrons. The average Bonchev–Trinajstić information content (AvgIpc) is 2.79. The van der Waals surface area contributed by atoms with Crippen molar-refractivity contribution in [2.24, 2.45) is 56.2 Å². The third kappa shape index (κ3) is 3.34. The zero-order chi connectivity index (χ0) is 26.5. The van der Waals surface area contributed by atoms with Gasteiger partial charge in [0.25, 0.3) is 0 Å². The number of esters is 1. The van der Waals surface area contributed by atoms with Crippen LogP contribution in [0.15, 0.2) is 0 Å². The first-order valence-electron chi connectivity index (χ1n) is 14.9. The van der Waals surface area contributed by atoms with Crippen molar-refractivity contribution in [3.63, 3.8) is 0 Å². The van der Waals surface area contributed by atoms with Crippen LogP contribution in [0.3, 0.4) is 0 Å². The Hall–Kier alpha value is -0.900. The molecule has 0 aromatic rings. The van der Waals surface area contributed by atoms with E-state index in [1.165, 1.54) is 19.8 Å². The molecule has 1 N–H and O–H groups in total. The Bertz CT molecular complexity index is 936. The first kappa shape index (κ1) is 26.7. The van der Waals surface area contributed by atoms with Crippen LogP contribution in [0.2, 0.25) is 0 Å². The fourth-order valence-electron chi connectivity index (χ4n) is 11.5. The molecular formula is C32H52O4. The lowest BCUT2D eigenvalue weighted by atomic mass is 9.31. The van der Waals surface area contributed by atoms with Gasteiger partial charge >= 0.3 is 5.97 Å². The summed E-state index contributed by atoms with van der Waals surface area (Å²) < 4.78 is 5.74. The lowest BCUT2D eigenvalue weighted by Gasteiger charge is -2.73. The minimum absolute atomic E-state index is 0.103. The summed E-state index contributed by atoms with van der Waals surface area (Å²) in [5.41, 5.74) is 0.115. The third-order valence-electron chi connectivity index (χ3n) is 13.9. The van der Waals surface area contributed by atoms with Crippen molar-refractivity contribution in [1.29, 1.82) is 0 Å². The Morgan fingerprint density at radius 2 is 1.53 bits per heavy atom. The van der Waals surface area contributed by atoms with Crippen molar-refractivity contribution in [1.82, 2.24) is 0 Å². The highest BCUT2D eigenvalue weighted by atomic mass is 16.5. The number of aliphatic hydroxyl groups excluding tert-OH is 1. The number of carbonyl (C=O) groups is 2. The first-order valence-corrected chi connectivity index (χ1v) is 14.9. The molecule has 0 aromatic heterocycles. The zero-order valence-corrected chi connectivity index (χ0v) is 24.3. The summed E-state index contributed by atoms with van der Waals surface area (Å²) >= 11 is 0. The zero-order valence-electron chi connectivity index (χ0n) is 24.3. The van der Waals surface area contributed by atoms with Crippen LogP contribution in [-0.2, 0) is 14.3 Å². The van der Waals surface area contributed by atoms with Crippen molar-refractivity contribution in [2.75, 3.05) is 6.61 Å². The molecule has 36 heavy (non-hydrogen) atoms. The van der Waals surface area contributed by atoms with E-state index in [4.69, 9.17) is 4.74 Å². The maximum atomic E-state index is 13.0. The van der Waals surface area contributed by atoms with E-state index in [1.807, 2.05) is 0 Å². The number of ketones is 1. The van der Waals surface area contributed by atoms with Crippen LogP contribution in [0.4, 0.5) is 0 Å². The van der Waals surface area contributed by atoms with Gasteiger partial charge in [0, 0.05) is 24.2 Å². The third-order valence-corrected chi connectivity index (χ3v) is 13.9. The Balaban J connectivity index is 1.54. The van der Waals surface area contributed by atoms with Gasteiger partial charge in [-0.2, -0.15) is 0 Å². The molecule has 0 saturated heterocycles. The molecule has 0 aliphatic heterocycles. The van der Waals surface area contributed by atoms with E-state index in [2.05, 4.69) is 48.5 Å². The molecule has 0 unspecified atom stereocenters. The smallest absolute Gasteiger partial charge is 0.302 e. The molecule has 0 amide bonds. The van der Waals surface area contributed by atoms with Crippen LogP contribution < -0.4 is 0 Å². The van der Waals surface area contributed by atoms with Gasteiger partial charge < -0.3 is 9.84 Å². The number of fused-ring (bicyclic) bond motifs is 7. The molecule has 0 heterocycles. The van der Waals surface area contributed by atoms with E-state index in [9.17, 15) is 14.7 Å². The van der Waals surface area contributed by atoms with Gasteiger partial charge in [0.05, 0.1) is 12.7 Å². The van der Waals surface area contributed by atoms with E-state index >= 15 is 0 Å². The average molecular weight is 501 g/mol. The lowest BCUT2D eigenvalue weighted by Crippen LogP contribution is -2.69. The molecule has 5 aliphatic rings. The second-order valence-electron chi connectivity index (χ2n) is 15.9. The minimum atomic E-state index is -0.371. The quantitative estimate of drug-likeness (QED) is 0.416. The van der Waals surface area contributed by atoms with E-state index in [1.54, 1.807) is 0 Å². The van der Waals surface area contributed by atoms with Gasteiger partial charge in [0.1, 0.15) is 5.78 Å². The number of aliphatic hydroxyl groups is 1. The summed E-state index contributed by atoms with van der Waals surface area (Å²) in [6.07, 6.45) is 10.3. The van der Waals surface area contributed by atoms with Crippen LogP contribution in [0, 0.1) is 56.2 Å². The van der Waals surface area contributed by atoms with Crippen LogP contribution in [0.1, 0.15) is 120 Å². The summed E-state index contributed by atoms with van der Waals surface area (Å²) in [6.45, 7) is 18.6.